The van der Waals surface area contributed by atoms with E-state index in [1.165, 1.54) is 24.3 Å². The summed E-state index contributed by atoms with van der Waals surface area (Å²) in [5.74, 6) is 0.264. The molecule has 140 valence electrons. The van der Waals surface area contributed by atoms with Crippen molar-refractivity contribution in [1.82, 2.24) is 10.2 Å². The summed E-state index contributed by atoms with van der Waals surface area (Å²) >= 11 is 1.16. The minimum Gasteiger partial charge on any atom is -0.481 e. The number of benzene rings is 2. The Balaban J connectivity index is 1.56. The first-order chi connectivity index (χ1) is 13.0. The molecule has 0 saturated heterocycles. The van der Waals surface area contributed by atoms with Crippen molar-refractivity contribution in [2.45, 2.75) is 30.4 Å². The summed E-state index contributed by atoms with van der Waals surface area (Å²) in [4.78, 5) is 12.2. The van der Waals surface area contributed by atoms with Crippen LogP contribution in [0.25, 0.3) is 0 Å². The molecule has 0 spiro atoms. The first-order valence-electron chi connectivity index (χ1n) is 8.29. The molecule has 1 aromatic heterocycles. The molecular weight excluding hydrogens is 369 g/mol. The second-order valence-electron chi connectivity index (χ2n) is 5.74. The predicted molar refractivity (Wildman–Crippen MR) is 100 cm³/mol. The molecule has 0 aliphatic carbocycles. The number of halogens is 1. The molecule has 0 fully saturated rings. The second kappa shape index (κ2) is 8.68. The van der Waals surface area contributed by atoms with Gasteiger partial charge in [0.15, 0.2) is 6.10 Å². The number of aromatic nitrogens is 2. The van der Waals surface area contributed by atoms with E-state index in [2.05, 4.69) is 15.5 Å². The monoisotopic (exact) mass is 387 g/mol. The van der Waals surface area contributed by atoms with Gasteiger partial charge in [0.05, 0.1) is 5.25 Å². The fourth-order valence-electron chi connectivity index (χ4n) is 2.17. The number of hydrogen-bond acceptors (Lipinski definition) is 6. The van der Waals surface area contributed by atoms with Gasteiger partial charge in [0, 0.05) is 5.69 Å². The quantitative estimate of drug-likeness (QED) is 0.603. The molecule has 1 N–H and O–H groups in total. The highest BCUT2D eigenvalue weighted by atomic mass is 32.2. The number of carbonyl (C=O) groups excluding carboxylic acids is 1. The van der Waals surface area contributed by atoms with Crippen LogP contribution in [0.15, 0.2) is 64.2 Å². The zero-order valence-electron chi connectivity index (χ0n) is 14.8. The van der Waals surface area contributed by atoms with E-state index in [9.17, 15) is 9.18 Å². The van der Waals surface area contributed by atoms with Gasteiger partial charge < -0.3 is 14.5 Å². The summed E-state index contributed by atoms with van der Waals surface area (Å²) in [6, 6.07) is 14.9. The normalized spacial score (nSPS) is 13.0. The summed E-state index contributed by atoms with van der Waals surface area (Å²) < 4.78 is 24.2. The number of amides is 1. The average molecular weight is 387 g/mol. The second-order valence-corrected chi connectivity index (χ2v) is 7.03. The number of thioether (sulfide) groups is 1. The smallest absolute Gasteiger partial charge is 0.277 e. The Morgan fingerprint density at radius 3 is 2.52 bits per heavy atom. The van der Waals surface area contributed by atoms with Gasteiger partial charge >= 0.3 is 0 Å². The minimum atomic E-state index is -0.509. The lowest BCUT2D eigenvalue weighted by Crippen LogP contribution is -2.22. The van der Waals surface area contributed by atoms with Crippen LogP contribution < -0.4 is 10.1 Å². The van der Waals surface area contributed by atoms with Gasteiger partial charge in [0.25, 0.3) is 11.1 Å². The van der Waals surface area contributed by atoms with Crippen molar-refractivity contribution >= 4 is 23.4 Å². The van der Waals surface area contributed by atoms with Crippen LogP contribution in [0, 0.1) is 5.82 Å². The predicted octanol–water partition coefficient (Wildman–Crippen LogP) is 4.47. The van der Waals surface area contributed by atoms with Crippen LogP contribution >= 0.6 is 11.8 Å². The Labute approximate surface area is 160 Å². The van der Waals surface area contributed by atoms with Gasteiger partial charge in [-0.3, -0.25) is 4.79 Å². The first kappa shape index (κ1) is 18.9. The van der Waals surface area contributed by atoms with E-state index >= 15 is 0 Å². The molecule has 0 unspecified atom stereocenters. The van der Waals surface area contributed by atoms with Crippen LogP contribution in [0.1, 0.15) is 25.8 Å². The number of nitrogens with one attached hydrogen (secondary N) is 1. The molecule has 0 aliphatic heterocycles. The molecule has 3 rings (SSSR count). The number of anilines is 1. The molecule has 27 heavy (non-hydrogen) atoms. The number of para-hydroxylation sites is 1. The van der Waals surface area contributed by atoms with E-state index in [4.69, 9.17) is 9.15 Å². The lowest BCUT2D eigenvalue weighted by molar-refractivity contribution is -0.115. The lowest BCUT2D eigenvalue weighted by atomic mass is 10.3. The summed E-state index contributed by atoms with van der Waals surface area (Å²) in [5.41, 5.74) is 0.725. The van der Waals surface area contributed by atoms with E-state index in [0.717, 1.165) is 17.4 Å². The van der Waals surface area contributed by atoms with E-state index in [1.807, 2.05) is 30.3 Å². The Morgan fingerprint density at radius 1 is 1.11 bits per heavy atom. The molecule has 0 saturated carbocycles. The summed E-state index contributed by atoms with van der Waals surface area (Å²) in [5, 5.41) is 10.6. The maximum absolute atomic E-state index is 12.9. The topological polar surface area (TPSA) is 77.2 Å². The molecule has 1 heterocycles. The number of ether oxygens (including phenoxy) is 1. The summed E-state index contributed by atoms with van der Waals surface area (Å²) in [6.45, 7) is 3.50. The van der Waals surface area contributed by atoms with Crippen molar-refractivity contribution in [2.24, 2.45) is 0 Å². The average Bonchev–Trinajstić information content (AvgIpc) is 3.13. The zero-order valence-corrected chi connectivity index (χ0v) is 15.6. The molecule has 0 radical (unpaired) electrons. The molecular formula is C19H18FN3O3S. The number of nitrogens with zero attached hydrogens (tertiary/aromatic N) is 2. The maximum Gasteiger partial charge on any atom is 0.277 e. The third-order valence-electron chi connectivity index (χ3n) is 3.58. The van der Waals surface area contributed by atoms with Crippen molar-refractivity contribution in [1.29, 1.82) is 0 Å². The van der Waals surface area contributed by atoms with E-state index in [0.29, 0.717) is 5.75 Å². The molecule has 0 bridgehead atoms. The molecule has 6 nitrogen and oxygen atoms in total. The van der Waals surface area contributed by atoms with Crippen LogP contribution in [-0.4, -0.2) is 21.4 Å². The van der Waals surface area contributed by atoms with Crippen LogP contribution in [-0.2, 0) is 4.79 Å². The lowest BCUT2D eigenvalue weighted by Gasteiger charge is -2.11. The molecule has 0 aliphatic rings. The Bertz CT molecular complexity index is 887. The fraction of sp³-hybridized carbons (Fsp3) is 0.211. The van der Waals surface area contributed by atoms with Gasteiger partial charge in [-0.2, -0.15) is 0 Å². The summed E-state index contributed by atoms with van der Waals surface area (Å²) in [7, 11) is 0. The van der Waals surface area contributed by atoms with E-state index < -0.39 is 11.4 Å². The van der Waals surface area contributed by atoms with Crippen molar-refractivity contribution in [3.63, 3.8) is 0 Å². The Morgan fingerprint density at radius 2 is 1.81 bits per heavy atom. The third kappa shape index (κ3) is 5.30. The standard InChI is InChI=1S/C19H18FN3O3S/c1-12(25-16-10-8-14(20)9-11-16)18-22-23-19(26-18)27-13(2)17(24)21-15-6-4-3-5-7-15/h3-13H,1-2H3,(H,21,24)/t12-,13-/m0/s1. The highest BCUT2D eigenvalue weighted by molar-refractivity contribution is 8.00. The van der Waals surface area contributed by atoms with Crippen molar-refractivity contribution in [3.05, 3.63) is 66.3 Å². The number of rotatable bonds is 7. The fourth-order valence-corrected chi connectivity index (χ4v) is 2.86. The van der Waals surface area contributed by atoms with E-state index in [-0.39, 0.29) is 22.8 Å². The SMILES string of the molecule is C[C@H](Sc1nnc([C@H](C)Oc2ccc(F)cc2)o1)C(=O)Nc1ccccc1. The summed E-state index contributed by atoms with van der Waals surface area (Å²) in [6.07, 6.45) is -0.509. The van der Waals surface area contributed by atoms with Gasteiger partial charge in [-0.05, 0) is 50.2 Å². The maximum atomic E-state index is 12.9. The Kier molecular flexibility index (Phi) is 6.08. The van der Waals surface area contributed by atoms with Gasteiger partial charge in [-0.1, -0.05) is 30.0 Å². The van der Waals surface area contributed by atoms with E-state index in [1.54, 1.807) is 13.8 Å². The van der Waals surface area contributed by atoms with Gasteiger partial charge in [-0.15, -0.1) is 10.2 Å². The van der Waals surface area contributed by atoms with Crippen LogP contribution in [0.4, 0.5) is 10.1 Å². The largest absolute Gasteiger partial charge is 0.481 e. The number of carbonyl (C=O) groups is 1. The Hall–Kier alpha value is -2.87. The van der Waals surface area contributed by atoms with Crippen molar-refractivity contribution in [2.75, 3.05) is 5.32 Å². The molecule has 2 atom stereocenters. The van der Waals surface area contributed by atoms with Crippen LogP contribution in [0.5, 0.6) is 5.75 Å². The van der Waals surface area contributed by atoms with Gasteiger partial charge in [-0.25, -0.2) is 4.39 Å². The van der Waals surface area contributed by atoms with Gasteiger partial charge in [0.1, 0.15) is 11.6 Å². The van der Waals surface area contributed by atoms with Crippen LogP contribution in [0.2, 0.25) is 0 Å². The van der Waals surface area contributed by atoms with Crippen molar-refractivity contribution in [3.8, 4) is 5.75 Å². The van der Waals surface area contributed by atoms with Crippen molar-refractivity contribution < 1.29 is 18.3 Å². The van der Waals surface area contributed by atoms with Crippen LogP contribution in [0.3, 0.4) is 0 Å². The first-order valence-corrected chi connectivity index (χ1v) is 9.17. The van der Waals surface area contributed by atoms with Gasteiger partial charge in [0.2, 0.25) is 5.91 Å². The highest BCUT2D eigenvalue weighted by Gasteiger charge is 2.21. The molecule has 1 amide bonds. The number of hydrogen-bond donors (Lipinski definition) is 1. The molecule has 8 heteroatoms. The highest BCUT2D eigenvalue weighted by Crippen LogP contribution is 2.27. The molecule has 3 aromatic rings. The minimum absolute atomic E-state index is 0.165. The molecule has 2 aromatic carbocycles. The third-order valence-corrected chi connectivity index (χ3v) is 4.52. The zero-order chi connectivity index (χ0) is 19.2.